The molecule has 1 fully saturated rings. The van der Waals surface area contributed by atoms with Crippen LogP contribution in [-0.2, 0) is 4.79 Å². The molecule has 0 aromatic carbocycles. The third-order valence-electron chi connectivity index (χ3n) is 3.15. The highest BCUT2D eigenvalue weighted by Crippen LogP contribution is 2.32. The van der Waals surface area contributed by atoms with Gasteiger partial charge in [-0.15, -0.1) is 11.8 Å². The van der Waals surface area contributed by atoms with Gasteiger partial charge in [-0.25, -0.2) is 9.59 Å². The molecule has 19 heavy (non-hydrogen) atoms. The number of thioether (sulfide) groups is 1. The van der Waals surface area contributed by atoms with Crippen molar-refractivity contribution in [2.24, 2.45) is 5.92 Å². The number of carboxylic acids is 1. The Morgan fingerprint density at radius 1 is 1.47 bits per heavy atom. The first-order chi connectivity index (χ1) is 8.97. The molecule has 0 spiro atoms. The predicted octanol–water partition coefficient (Wildman–Crippen LogP) is 2.37. The molecule has 0 saturated carbocycles. The van der Waals surface area contributed by atoms with Crippen molar-refractivity contribution in [3.05, 3.63) is 0 Å². The van der Waals surface area contributed by atoms with E-state index in [1.165, 1.54) is 4.90 Å². The van der Waals surface area contributed by atoms with Crippen LogP contribution < -0.4 is 5.32 Å². The minimum absolute atomic E-state index is 0.00912. The molecule has 0 bridgehead atoms. The molecule has 1 aliphatic heterocycles. The Labute approximate surface area is 119 Å². The van der Waals surface area contributed by atoms with Crippen molar-refractivity contribution < 1.29 is 14.7 Å². The molecule has 110 valence electrons. The van der Waals surface area contributed by atoms with Crippen molar-refractivity contribution in [2.45, 2.75) is 51.4 Å². The summed E-state index contributed by atoms with van der Waals surface area (Å²) in [5.41, 5.74) is 0. The second-order valence-electron chi connectivity index (χ2n) is 5.25. The van der Waals surface area contributed by atoms with Crippen molar-refractivity contribution in [3.8, 4) is 0 Å². The quantitative estimate of drug-likeness (QED) is 0.787. The van der Waals surface area contributed by atoms with Crippen LogP contribution in [0.1, 0.15) is 40.0 Å². The van der Waals surface area contributed by atoms with Crippen molar-refractivity contribution >= 4 is 23.8 Å². The summed E-state index contributed by atoms with van der Waals surface area (Å²) in [5.74, 6) is 0.0949. The molecule has 0 aromatic heterocycles. The summed E-state index contributed by atoms with van der Waals surface area (Å²) in [7, 11) is 0. The minimum atomic E-state index is -0.912. The van der Waals surface area contributed by atoms with Gasteiger partial charge in [-0.05, 0) is 18.8 Å². The first kappa shape index (κ1) is 16.1. The lowest BCUT2D eigenvalue weighted by atomic mass is 10.1. The van der Waals surface area contributed by atoms with Crippen LogP contribution in [0.3, 0.4) is 0 Å². The topological polar surface area (TPSA) is 69.6 Å². The standard InChI is InChI=1S/C13H24N2O3S/c1-4-5-11-15(10(8-19-11)12(16)17)13(18)14-7-6-9(2)3/h9-11H,4-8H2,1-3H3,(H,14,18)(H,16,17). The maximum Gasteiger partial charge on any atom is 0.327 e. The van der Waals surface area contributed by atoms with E-state index < -0.39 is 12.0 Å². The number of hydrogen-bond donors (Lipinski definition) is 2. The van der Waals surface area contributed by atoms with E-state index in [4.69, 9.17) is 0 Å². The van der Waals surface area contributed by atoms with E-state index >= 15 is 0 Å². The zero-order valence-corrected chi connectivity index (χ0v) is 12.7. The third-order valence-corrected chi connectivity index (χ3v) is 4.50. The number of nitrogens with one attached hydrogen (secondary N) is 1. The van der Waals surface area contributed by atoms with Gasteiger partial charge >= 0.3 is 12.0 Å². The highest BCUT2D eigenvalue weighted by molar-refractivity contribution is 8.00. The maximum atomic E-state index is 12.2. The van der Waals surface area contributed by atoms with Crippen molar-refractivity contribution in [3.63, 3.8) is 0 Å². The van der Waals surface area contributed by atoms with E-state index in [1.807, 2.05) is 6.92 Å². The molecule has 2 amide bonds. The monoisotopic (exact) mass is 288 g/mol. The Morgan fingerprint density at radius 3 is 2.68 bits per heavy atom. The zero-order valence-electron chi connectivity index (χ0n) is 11.9. The van der Waals surface area contributed by atoms with Crippen molar-refractivity contribution in [1.82, 2.24) is 10.2 Å². The number of carbonyl (C=O) groups is 2. The van der Waals surface area contributed by atoms with Gasteiger partial charge in [-0.1, -0.05) is 27.2 Å². The molecule has 1 rings (SSSR count). The molecule has 2 unspecified atom stereocenters. The first-order valence-corrected chi connectivity index (χ1v) is 7.92. The van der Waals surface area contributed by atoms with Crippen LogP contribution >= 0.6 is 11.8 Å². The number of aliphatic carboxylic acids is 1. The molecule has 0 radical (unpaired) electrons. The lowest BCUT2D eigenvalue weighted by molar-refractivity contribution is -0.141. The maximum absolute atomic E-state index is 12.2. The normalized spacial score (nSPS) is 22.8. The van der Waals surface area contributed by atoms with E-state index in [9.17, 15) is 14.7 Å². The summed E-state index contributed by atoms with van der Waals surface area (Å²) >= 11 is 1.56. The Balaban J connectivity index is 2.61. The second kappa shape index (κ2) is 7.62. The van der Waals surface area contributed by atoms with Crippen LogP contribution in [0.4, 0.5) is 4.79 Å². The van der Waals surface area contributed by atoms with Gasteiger partial charge in [0.25, 0.3) is 0 Å². The van der Waals surface area contributed by atoms with Gasteiger partial charge in [0.15, 0.2) is 0 Å². The van der Waals surface area contributed by atoms with Crippen LogP contribution in [0, 0.1) is 5.92 Å². The summed E-state index contributed by atoms with van der Waals surface area (Å²) in [6.45, 7) is 6.84. The average molecular weight is 288 g/mol. The van der Waals surface area contributed by atoms with Crippen LogP contribution in [0.25, 0.3) is 0 Å². The highest BCUT2D eigenvalue weighted by Gasteiger charge is 2.40. The third kappa shape index (κ3) is 4.60. The Morgan fingerprint density at radius 2 is 2.16 bits per heavy atom. The van der Waals surface area contributed by atoms with Crippen molar-refractivity contribution in [2.75, 3.05) is 12.3 Å². The molecule has 1 heterocycles. The Hall–Kier alpha value is -0.910. The van der Waals surface area contributed by atoms with Gasteiger partial charge in [0, 0.05) is 12.3 Å². The van der Waals surface area contributed by atoms with Crippen LogP contribution in [0.15, 0.2) is 0 Å². The zero-order chi connectivity index (χ0) is 14.4. The lowest BCUT2D eigenvalue weighted by Crippen LogP contribution is -2.50. The fourth-order valence-corrected chi connectivity index (χ4v) is 3.57. The molecule has 1 saturated heterocycles. The number of rotatable bonds is 6. The van der Waals surface area contributed by atoms with Gasteiger partial charge in [0.05, 0.1) is 5.37 Å². The van der Waals surface area contributed by atoms with Gasteiger partial charge in [-0.2, -0.15) is 0 Å². The Bertz CT molecular complexity index is 323. The summed E-state index contributed by atoms with van der Waals surface area (Å²) in [6.07, 6.45) is 2.69. The van der Waals surface area contributed by atoms with Gasteiger partial charge in [-0.3, -0.25) is 4.90 Å². The summed E-state index contributed by atoms with van der Waals surface area (Å²) in [6, 6.07) is -0.933. The SMILES string of the molecule is CCCC1SCC(C(=O)O)N1C(=O)NCCC(C)C. The van der Waals surface area contributed by atoms with E-state index in [2.05, 4.69) is 19.2 Å². The largest absolute Gasteiger partial charge is 0.480 e. The number of hydrogen-bond acceptors (Lipinski definition) is 3. The summed E-state index contributed by atoms with van der Waals surface area (Å²) < 4.78 is 0. The number of urea groups is 1. The molecular formula is C13H24N2O3S. The van der Waals surface area contributed by atoms with Crippen LogP contribution in [0.2, 0.25) is 0 Å². The minimum Gasteiger partial charge on any atom is -0.480 e. The molecule has 5 nitrogen and oxygen atoms in total. The average Bonchev–Trinajstić information content (AvgIpc) is 2.72. The number of nitrogens with zero attached hydrogens (tertiary/aromatic N) is 1. The fourth-order valence-electron chi connectivity index (χ4n) is 2.05. The molecule has 0 aliphatic carbocycles. The fraction of sp³-hybridized carbons (Fsp3) is 0.846. The van der Waals surface area contributed by atoms with E-state index in [0.717, 1.165) is 19.3 Å². The number of carbonyl (C=O) groups excluding carboxylic acids is 1. The first-order valence-electron chi connectivity index (χ1n) is 6.88. The van der Waals surface area contributed by atoms with E-state index in [0.29, 0.717) is 18.2 Å². The molecule has 0 aromatic rings. The molecule has 2 atom stereocenters. The van der Waals surface area contributed by atoms with Gasteiger partial charge in [0.2, 0.25) is 0 Å². The lowest BCUT2D eigenvalue weighted by Gasteiger charge is -2.27. The van der Waals surface area contributed by atoms with Gasteiger partial charge in [0.1, 0.15) is 6.04 Å². The van der Waals surface area contributed by atoms with Crippen LogP contribution in [-0.4, -0.2) is 45.7 Å². The second-order valence-corrected chi connectivity index (χ2v) is 6.46. The molecule has 2 N–H and O–H groups in total. The molecule has 1 aliphatic rings. The predicted molar refractivity (Wildman–Crippen MR) is 77.3 cm³/mol. The molecule has 6 heteroatoms. The van der Waals surface area contributed by atoms with E-state index in [1.54, 1.807) is 11.8 Å². The molecular weight excluding hydrogens is 264 g/mol. The van der Waals surface area contributed by atoms with Crippen molar-refractivity contribution in [1.29, 1.82) is 0 Å². The Kier molecular flexibility index (Phi) is 6.48. The number of amides is 2. The summed E-state index contributed by atoms with van der Waals surface area (Å²) in [4.78, 5) is 24.9. The summed E-state index contributed by atoms with van der Waals surface area (Å²) in [5, 5.41) is 12.0. The smallest absolute Gasteiger partial charge is 0.327 e. The van der Waals surface area contributed by atoms with Crippen LogP contribution in [0.5, 0.6) is 0 Å². The number of carboxylic acid groups (broad SMARTS) is 1. The van der Waals surface area contributed by atoms with E-state index in [-0.39, 0.29) is 11.4 Å². The van der Waals surface area contributed by atoms with Gasteiger partial charge < -0.3 is 10.4 Å². The highest BCUT2D eigenvalue weighted by atomic mass is 32.2.